The molecule has 5 nitrogen and oxygen atoms in total. The molecule has 6 heteroatoms. The van der Waals surface area contributed by atoms with Gasteiger partial charge in [-0.25, -0.2) is 9.78 Å². The van der Waals surface area contributed by atoms with Crippen LogP contribution in [0.3, 0.4) is 0 Å². The van der Waals surface area contributed by atoms with Gasteiger partial charge in [0.05, 0.1) is 28.4 Å². The van der Waals surface area contributed by atoms with Crippen molar-refractivity contribution < 1.29 is 14.3 Å². The molecule has 0 radical (unpaired) electrons. The highest BCUT2D eigenvalue weighted by atomic mass is 32.1. The number of carbonyl (C=O) groups is 2. The van der Waals surface area contributed by atoms with Gasteiger partial charge in [-0.2, -0.15) is 0 Å². The molecule has 0 saturated heterocycles. The Labute approximate surface area is 197 Å². The normalized spacial score (nSPS) is 11.1. The van der Waals surface area contributed by atoms with Crippen LogP contribution in [0.15, 0.2) is 60.7 Å². The molecule has 168 valence electrons. The number of ether oxygens (including phenoxy) is 1. The maximum atomic E-state index is 13.5. The van der Waals surface area contributed by atoms with Crippen molar-refractivity contribution in [2.75, 3.05) is 5.32 Å². The first-order chi connectivity index (χ1) is 15.9. The lowest BCUT2D eigenvalue weighted by Crippen LogP contribution is -2.17. The van der Waals surface area contributed by atoms with Gasteiger partial charge < -0.3 is 10.1 Å². The fraction of sp³-hybridized carbons (Fsp3) is 0.222. The Hall–Kier alpha value is -3.51. The number of amides is 1. The molecular formula is C27H26N2O3S. The second kappa shape index (κ2) is 9.55. The van der Waals surface area contributed by atoms with Crippen molar-refractivity contribution in [3.8, 4) is 11.3 Å². The number of aromatic nitrogens is 1. The number of para-hydroxylation sites is 1. The third-order valence-corrected chi connectivity index (χ3v) is 6.43. The van der Waals surface area contributed by atoms with E-state index in [0.29, 0.717) is 22.5 Å². The summed E-state index contributed by atoms with van der Waals surface area (Å²) < 4.78 is 5.47. The van der Waals surface area contributed by atoms with Crippen LogP contribution in [-0.2, 0) is 11.2 Å². The molecule has 33 heavy (non-hydrogen) atoms. The first-order valence-electron chi connectivity index (χ1n) is 11.0. The number of nitrogens with one attached hydrogen (secondary N) is 1. The van der Waals surface area contributed by atoms with Crippen molar-refractivity contribution in [2.24, 2.45) is 0 Å². The van der Waals surface area contributed by atoms with E-state index in [-0.39, 0.29) is 12.0 Å². The topological polar surface area (TPSA) is 68.3 Å². The summed E-state index contributed by atoms with van der Waals surface area (Å²) in [5.74, 6) is -0.695. The summed E-state index contributed by atoms with van der Waals surface area (Å²) in [4.78, 5) is 32.1. The Morgan fingerprint density at radius 1 is 1.06 bits per heavy atom. The summed E-state index contributed by atoms with van der Waals surface area (Å²) in [7, 11) is 0. The van der Waals surface area contributed by atoms with Crippen molar-refractivity contribution in [3.05, 3.63) is 82.2 Å². The smallest absolute Gasteiger partial charge is 0.341 e. The maximum absolute atomic E-state index is 13.5. The van der Waals surface area contributed by atoms with Gasteiger partial charge in [0.1, 0.15) is 5.00 Å². The molecule has 0 bridgehead atoms. The van der Waals surface area contributed by atoms with Crippen LogP contribution in [-0.4, -0.2) is 23.0 Å². The lowest BCUT2D eigenvalue weighted by molar-refractivity contribution is 0.0378. The molecular weight excluding hydrogens is 432 g/mol. The minimum Gasteiger partial charge on any atom is -0.459 e. The predicted octanol–water partition coefficient (Wildman–Crippen LogP) is 6.65. The number of pyridine rings is 1. The monoisotopic (exact) mass is 458 g/mol. The van der Waals surface area contributed by atoms with E-state index >= 15 is 0 Å². The molecule has 0 fully saturated rings. The quantitative estimate of drug-likeness (QED) is 0.328. The number of hydrogen-bond acceptors (Lipinski definition) is 5. The number of benzene rings is 2. The van der Waals surface area contributed by atoms with Crippen molar-refractivity contribution in [1.82, 2.24) is 4.98 Å². The fourth-order valence-corrected chi connectivity index (χ4v) is 5.00. The third-order valence-electron chi connectivity index (χ3n) is 5.37. The van der Waals surface area contributed by atoms with Gasteiger partial charge in [0.25, 0.3) is 5.91 Å². The zero-order valence-electron chi connectivity index (χ0n) is 19.1. The van der Waals surface area contributed by atoms with Crippen molar-refractivity contribution >= 4 is 39.1 Å². The van der Waals surface area contributed by atoms with Crippen molar-refractivity contribution in [3.63, 3.8) is 0 Å². The average Bonchev–Trinajstić information content (AvgIpc) is 3.13. The van der Waals surface area contributed by atoms with Gasteiger partial charge >= 0.3 is 5.97 Å². The average molecular weight is 459 g/mol. The molecule has 4 aromatic rings. The van der Waals surface area contributed by atoms with Gasteiger partial charge in [0.2, 0.25) is 0 Å². The Bertz CT molecular complexity index is 1330. The summed E-state index contributed by atoms with van der Waals surface area (Å²) in [6, 6.07) is 19.1. The van der Waals surface area contributed by atoms with Crippen LogP contribution in [0.1, 0.15) is 51.9 Å². The van der Waals surface area contributed by atoms with Gasteiger partial charge in [-0.15, -0.1) is 11.3 Å². The van der Waals surface area contributed by atoms with E-state index in [2.05, 4.69) is 5.32 Å². The van der Waals surface area contributed by atoms with Crippen LogP contribution in [0.2, 0.25) is 0 Å². The second-order valence-electron chi connectivity index (χ2n) is 8.04. The number of carbonyl (C=O) groups excluding carboxylic acids is 2. The molecule has 4 rings (SSSR count). The molecule has 0 spiro atoms. The minimum absolute atomic E-state index is 0.247. The lowest BCUT2D eigenvalue weighted by Gasteiger charge is -2.13. The number of nitrogens with zero attached hydrogens (tertiary/aromatic N) is 1. The van der Waals surface area contributed by atoms with E-state index in [1.165, 1.54) is 11.3 Å². The van der Waals surface area contributed by atoms with E-state index in [1.54, 1.807) is 6.07 Å². The molecule has 2 aromatic heterocycles. The van der Waals surface area contributed by atoms with E-state index in [0.717, 1.165) is 32.6 Å². The Morgan fingerprint density at radius 3 is 2.45 bits per heavy atom. The van der Waals surface area contributed by atoms with Crippen LogP contribution in [0.4, 0.5) is 5.00 Å². The number of thiophene rings is 1. The molecule has 0 aliphatic carbocycles. The zero-order valence-corrected chi connectivity index (χ0v) is 20.0. The highest BCUT2D eigenvalue weighted by molar-refractivity contribution is 7.16. The molecule has 0 saturated carbocycles. The fourth-order valence-electron chi connectivity index (χ4n) is 3.87. The van der Waals surface area contributed by atoms with Crippen molar-refractivity contribution in [1.29, 1.82) is 0 Å². The third kappa shape index (κ3) is 4.66. The van der Waals surface area contributed by atoms with Crippen LogP contribution in [0, 0.1) is 6.92 Å². The predicted molar refractivity (Wildman–Crippen MR) is 134 cm³/mol. The van der Waals surface area contributed by atoms with E-state index in [4.69, 9.17) is 9.72 Å². The largest absolute Gasteiger partial charge is 0.459 e. The first kappa shape index (κ1) is 22.7. The maximum Gasteiger partial charge on any atom is 0.341 e. The number of fused-ring (bicyclic) bond motifs is 1. The van der Waals surface area contributed by atoms with E-state index < -0.39 is 5.97 Å². The molecule has 1 N–H and O–H groups in total. The zero-order chi connectivity index (χ0) is 23.5. The minimum atomic E-state index is -0.411. The van der Waals surface area contributed by atoms with E-state index in [1.807, 2.05) is 82.3 Å². The molecule has 2 heterocycles. The highest BCUT2D eigenvalue weighted by Gasteiger charge is 2.25. The lowest BCUT2D eigenvalue weighted by atomic mass is 10.0. The number of esters is 1. The van der Waals surface area contributed by atoms with Crippen LogP contribution in [0.25, 0.3) is 22.2 Å². The van der Waals surface area contributed by atoms with Gasteiger partial charge in [-0.1, -0.05) is 55.5 Å². The molecule has 0 aliphatic rings. The Morgan fingerprint density at radius 2 is 1.76 bits per heavy atom. The highest BCUT2D eigenvalue weighted by Crippen LogP contribution is 2.35. The molecule has 0 aliphatic heterocycles. The number of hydrogen-bond donors (Lipinski definition) is 1. The Kier molecular flexibility index (Phi) is 6.56. The van der Waals surface area contributed by atoms with Gasteiger partial charge in [-0.05, 0) is 44.9 Å². The summed E-state index contributed by atoms with van der Waals surface area (Å²) in [6.45, 7) is 7.58. The molecule has 0 atom stereocenters. The van der Waals surface area contributed by atoms with Gasteiger partial charge in [0, 0.05) is 15.8 Å². The standard InChI is InChI=1S/C27H26N2O3S/c1-5-19-17(4)33-26(24(19)27(31)32-16(2)3)29-25(30)21-15-23(18-11-7-6-8-12-18)28-22-14-10-9-13-20(21)22/h6-16H,5H2,1-4H3,(H,29,30). The van der Waals surface area contributed by atoms with E-state index in [9.17, 15) is 9.59 Å². The van der Waals surface area contributed by atoms with Gasteiger partial charge in [0.15, 0.2) is 0 Å². The number of aryl methyl sites for hydroxylation is 1. The van der Waals surface area contributed by atoms with Crippen molar-refractivity contribution in [2.45, 2.75) is 40.2 Å². The summed E-state index contributed by atoms with van der Waals surface area (Å²) in [6.07, 6.45) is 0.431. The first-order valence-corrected chi connectivity index (χ1v) is 11.8. The van der Waals surface area contributed by atoms with Crippen LogP contribution < -0.4 is 5.32 Å². The second-order valence-corrected chi connectivity index (χ2v) is 9.27. The molecule has 2 aromatic carbocycles. The number of anilines is 1. The summed E-state index contributed by atoms with van der Waals surface area (Å²) in [5, 5.41) is 4.27. The summed E-state index contributed by atoms with van der Waals surface area (Å²) >= 11 is 1.40. The Balaban J connectivity index is 1.78. The number of rotatable bonds is 6. The SMILES string of the molecule is CCc1c(C)sc(NC(=O)c2cc(-c3ccccc3)nc3ccccc23)c1C(=O)OC(C)C. The summed E-state index contributed by atoms with van der Waals surface area (Å²) in [5.41, 5.74) is 4.25. The molecule has 1 amide bonds. The van der Waals surface area contributed by atoms with Crippen LogP contribution >= 0.6 is 11.3 Å². The van der Waals surface area contributed by atoms with Gasteiger partial charge in [-0.3, -0.25) is 4.79 Å². The molecule has 0 unspecified atom stereocenters. The van der Waals surface area contributed by atoms with Crippen LogP contribution in [0.5, 0.6) is 0 Å².